The molecule has 0 bridgehead atoms. The Kier molecular flexibility index (Phi) is 8.90. The number of halogens is 2. The van der Waals surface area contributed by atoms with Gasteiger partial charge in [0.25, 0.3) is 5.56 Å². The van der Waals surface area contributed by atoms with Crippen LogP contribution in [0.15, 0.2) is 96.2 Å². The molecule has 1 amide bonds. The number of nitrogens with one attached hydrogen (secondary N) is 1. The van der Waals surface area contributed by atoms with Gasteiger partial charge in [0.2, 0.25) is 5.91 Å². The van der Waals surface area contributed by atoms with Crippen LogP contribution in [0, 0.1) is 11.6 Å². The highest BCUT2D eigenvalue weighted by Gasteiger charge is 2.27. The van der Waals surface area contributed by atoms with Crippen LogP contribution in [0.3, 0.4) is 0 Å². The lowest BCUT2D eigenvalue weighted by molar-refractivity contribution is -0.117. The molecule has 11 heteroatoms. The number of pyridine rings is 1. The van der Waals surface area contributed by atoms with Crippen LogP contribution in [0.2, 0.25) is 0 Å². The molecule has 230 valence electrons. The van der Waals surface area contributed by atoms with Crippen LogP contribution in [0.25, 0.3) is 10.9 Å². The van der Waals surface area contributed by atoms with Gasteiger partial charge in [0.05, 0.1) is 54.9 Å². The number of piperazine rings is 1. The summed E-state index contributed by atoms with van der Waals surface area (Å²) in [5.74, 6) is -0.497. The van der Waals surface area contributed by atoms with E-state index in [2.05, 4.69) is 25.1 Å². The van der Waals surface area contributed by atoms with E-state index in [1.54, 1.807) is 42.6 Å². The normalized spacial score (nSPS) is 14.1. The molecule has 0 unspecified atom stereocenters. The van der Waals surface area contributed by atoms with Gasteiger partial charge in [-0.3, -0.25) is 28.9 Å². The highest BCUT2D eigenvalue weighted by atomic mass is 19.1. The monoisotopic (exact) mass is 610 g/mol. The van der Waals surface area contributed by atoms with Gasteiger partial charge in [-0.2, -0.15) is 0 Å². The van der Waals surface area contributed by atoms with Crippen molar-refractivity contribution in [3.8, 4) is 5.75 Å². The Balaban J connectivity index is 1.12. The number of hydrogen-bond donors (Lipinski definition) is 1. The standard InChI is InChI=1S/C34H32F2N6O3/c1-45-31-18-28-29(38-22-42(34(28)44)20-27-4-2-3-13-37-27)19-30(31)39-32(43)21-40-14-16-41(17-15-40)33(23-5-9-25(35)10-6-23)24-7-11-26(36)12-8-24/h2-13,18-19,22,33H,14-17,20-21H2,1H3,(H,39,43). The van der Waals surface area contributed by atoms with Crippen molar-refractivity contribution in [3.63, 3.8) is 0 Å². The van der Waals surface area contributed by atoms with E-state index in [0.717, 1.165) is 16.8 Å². The zero-order chi connectivity index (χ0) is 31.3. The first-order valence-corrected chi connectivity index (χ1v) is 14.6. The molecule has 5 aromatic rings. The molecule has 3 heterocycles. The Hall–Kier alpha value is -5.00. The Labute approximate surface area is 258 Å². The molecule has 3 aromatic carbocycles. The number of amides is 1. The van der Waals surface area contributed by atoms with E-state index < -0.39 is 0 Å². The minimum Gasteiger partial charge on any atom is -0.495 e. The van der Waals surface area contributed by atoms with Crippen LogP contribution in [0.4, 0.5) is 14.5 Å². The predicted molar refractivity (Wildman–Crippen MR) is 167 cm³/mol. The maximum atomic E-state index is 13.7. The summed E-state index contributed by atoms with van der Waals surface area (Å²) in [4.78, 5) is 39.4. The number of aromatic nitrogens is 3. The number of rotatable bonds is 9. The summed E-state index contributed by atoms with van der Waals surface area (Å²) in [6.45, 7) is 3.00. The SMILES string of the molecule is COc1cc2c(=O)n(Cc3ccccn3)cnc2cc1NC(=O)CN1CCN(C(c2ccc(F)cc2)c2ccc(F)cc2)CC1. The van der Waals surface area contributed by atoms with Gasteiger partial charge >= 0.3 is 0 Å². The second kappa shape index (κ2) is 13.3. The van der Waals surface area contributed by atoms with Gasteiger partial charge < -0.3 is 10.1 Å². The highest BCUT2D eigenvalue weighted by Crippen LogP contribution is 2.31. The van der Waals surface area contributed by atoms with Crippen LogP contribution >= 0.6 is 0 Å². The Morgan fingerprint density at radius 2 is 1.58 bits per heavy atom. The van der Waals surface area contributed by atoms with Gasteiger partial charge in [-0.25, -0.2) is 13.8 Å². The number of hydrogen-bond acceptors (Lipinski definition) is 7. The molecule has 2 aromatic heterocycles. The van der Waals surface area contributed by atoms with Crippen molar-refractivity contribution in [2.24, 2.45) is 0 Å². The lowest BCUT2D eigenvalue weighted by atomic mass is 9.96. The molecule has 1 aliphatic rings. The van der Waals surface area contributed by atoms with Gasteiger partial charge in [-0.1, -0.05) is 30.3 Å². The molecule has 1 fully saturated rings. The van der Waals surface area contributed by atoms with E-state index in [0.29, 0.717) is 48.5 Å². The largest absolute Gasteiger partial charge is 0.495 e. The van der Waals surface area contributed by atoms with Crippen molar-refractivity contribution in [1.29, 1.82) is 0 Å². The first-order chi connectivity index (χ1) is 21.9. The molecule has 6 rings (SSSR count). The smallest absolute Gasteiger partial charge is 0.261 e. The molecule has 1 aliphatic heterocycles. The van der Waals surface area contributed by atoms with E-state index in [1.165, 1.54) is 42.3 Å². The average Bonchev–Trinajstić information content (AvgIpc) is 3.05. The van der Waals surface area contributed by atoms with Gasteiger partial charge in [0.1, 0.15) is 17.4 Å². The van der Waals surface area contributed by atoms with Gasteiger partial charge in [0, 0.05) is 32.4 Å². The van der Waals surface area contributed by atoms with Crippen LogP contribution in [-0.2, 0) is 11.3 Å². The molecule has 0 atom stereocenters. The van der Waals surface area contributed by atoms with E-state index >= 15 is 0 Å². The lowest BCUT2D eigenvalue weighted by Gasteiger charge is -2.39. The minimum absolute atomic E-state index is 0.159. The molecule has 45 heavy (non-hydrogen) atoms. The number of carbonyl (C=O) groups excluding carboxylic acids is 1. The molecule has 9 nitrogen and oxygen atoms in total. The van der Waals surface area contributed by atoms with E-state index in [1.807, 2.05) is 18.2 Å². The number of anilines is 1. The number of ether oxygens (including phenoxy) is 1. The van der Waals surface area contributed by atoms with Crippen molar-refractivity contribution >= 4 is 22.5 Å². The molecular weight excluding hydrogens is 578 g/mol. The quantitative estimate of drug-likeness (QED) is 0.263. The van der Waals surface area contributed by atoms with Crippen LogP contribution < -0.4 is 15.6 Å². The summed E-state index contributed by atoms with van der Waals surface area (Å²) in [7, 11) is 1.48. The van der Waals surface area contributed by atoms with Crippen LogP contribution in [0.5, 0.6) is 5.75 Å². The van der Waals surface area contributed by atoms with Crippen molar-refractivity contribution in [2.45, 2.75) is 12.6 Å². The minimum atomic E-state index is -0.316. The Morgan fingerprint density at radius 3 is 2.18 bits per heavy atom. The van der Waals surface area contributed by atoms with Crippen molar-refractivity contribution in [3.05, 3.63) is 130 Å². The predicted octanol–water partition coefficient (Wildman–Crippen LogP) is 4.47. The van der Waals surface area contributed by atoms with E-state index in [-0.39, 0.29) is 42.2 Å². The average molecular weight is 611 g/mol. The second-order valence-electron chi connectivity index (χ2n) is 10.9. The van der Waals surface area contributed by atoms with Crippen LogP contribution in [0.1, 0.15) is 22.9 Å². The van der Waals surface area contributed by atoms with Crippen molar-refractivity contribution in [1.82, 2.24) is 24.3 Å². The Bertz CT molecular complexity index is 1800. The summed E-state index contributed by atoms with van der Waals surface area (Å²) in [5, 5.41) is 3.29. The summed E-state index contributed by atoms with van der Waals surface area (Å²) in [5.41, 5.74) is 3.19. The summed E-state index contributed by atoms with van der Waals surface area (Å²) in [6.07, 6.45) is 3.15. The number of nitrogens with zero attached hydrogens (tertiary/aromatic N) is 5. The maximum Gasteiger partial charge on any atom is 0.261 e. The number of benzene rings is 3. The zero-order valence-electron chi connectivity index (χ0n) is 24.7. The zero-order valence-corrected chi connectivity index (χ0v) is 24.7. The van der Waals surface area contributed by atoms with E-state index in [4.69, 9.17) is 4.74 Å². The number of fused-ring (bicyclic) bond motifs is 1. The molecule has 0 aliphatic carbocycles. The molecule has 1 saturated heterocycles. The number of carbonyl (C=O) groups is 1. The summed E-state index contributed by atoms with van der Waals surface area (Å²) in [6, 6.07) is 21.3. The molecular formula is C34H32F2N6O3. The summed E-state index contributed by atoms with van der Waals surface area (Å²) >= 11 is 0. The molecule has 0 spiro atoms. The second-order valence-corrected chi connectivity index (χ2v) is 10.9. The third-order valence-corrected chi connectivity index (χ3v) is 7.99. The third-order valence-electron chi connectivity index (χ3n) is 7.99. The Morgan fingerprint density at radius 1 is 0.911 bits per heavy atom. The number of methoxy groups -OCH3 is 1. The first kappa shape index (κ1) is 30.0. The lowest BCUT2D eigenvalue weighted by Crippen LogP contribution is -2.49. The third kappa shape index (κ3) is 6.89. The first-order valence-electron chi connectivity index (χ1n) is 14.6. The van der Waals surface area contributed by atoms with E-state index in [9.17, 15) is 18.4 Å². The van der Waals surface area contributed by atoms with Crippen molar-refractivity contribution < 1.29 is 18.3 Å². The fourth-order valence-corrected chi connectivity index (χ4v) is 5.71. The molecule has 0 saturated carbocycles. The maximum absolute atomic E-state index is 13.7. The highest BCUT2D eigenvalue weighted by molar-refractivity contribution is 5.96. The van der Waals surface area contributed by atoms with Gasteiger partial charge in [-0.05, 0) is 59.7 Å². The topological polar surface area (TPSA) is 92.6 Å². The molecule has 0 radical (unpaired) electrons. The van der Waals surface area contributed by atoms with Crippen molar-refractivity contribution in [2.75, 3.05) is 45.2 Å². The van der Waals surface area contributed by atoms with Crippen LogP contribution in [-0.4, -0.2) is 70.1 Å². The fraction of sp³-hybridized carbons (Fsp3) is 0.235. The fourth-order valence-electron chi connectivity index (χ4n) is 5.71. The van der Waals surface area contributed by atoms with Gasteiger partial charge in [0.15, 0.2) is 0 Å². The molecule has 1 N–H and O–H groups in total. The summed E-state index contributed by atoms with van der Waals surface area (Å²) < 4.78 is 34.4. The van der Waals surface area contributed by atoms with Gasteiger partial charge in [-0.15, -0.1) is 0 Å².